The van der Waals surface area contributed by atoms with E-state index in [2.05, 4.69) is 4.98 Å². The number of esters is 1. The Morgan fingerprint density at radius 1 is 1.32 bits per heavy atom. The molecule has 0 spiro atoms. The monoisotopic (exact) mass is 297 g/mol. The average molecular weight is 297 g/mol. The number of benzene rings is 1. The van der Waals surface area contributed by atoms with Gasteiger partial charge in [-0.2, -0.15) is 0 Å². The first-order chi connectivity index (χ1) is 10.7. The smallest absolute Gasteiger partial charge is 0.316 e. The van der Waals surface area contributed by atoms with Gasteiger partial charge in [0.15, 0.2) is 5.35 Å². The number of pyridine rings is 1. The molecule has 0 saturated heterocycles. The molecule has 0 radical (unpaired) electrons. The van der Waals surface area contributed by atoms with Crippen LogP contribution in [-0.2, 0) is 14.3 Å². The Balaban J connectivity index is 2.09. The Kier molecular flexibility index (Phi) is 4.09. The topological polar surface area (TPSA) is 48.4 Å². The van der Waals surface area contributed by atoms with Crippen LogP contribution in [0.4, 0.5) is 0 Å². The molecule has 1 aromatic carbocycles. The molecule has 0 N–H and O–H groups in total. The molecule has 4 heteroatoms. The second-order valence-electron chi connectivity index (χ2n) is 5.34. The minimum atomic E-state index is -0.247. The maximum atomic E-state index is 12.2. The number of hydrogen-bond acceptors (Lipinski definition) is 4. The number of rotatable bonds is 4. The molecule has 4 nitrogen and oxygen atoms in total. The van der Waals surface area contributed by atoms with Gasteiger partial charge in [0.25, 0.3) is 0 Å². The van der Waals surface area contributed by atoms with Crippen molar-refractivity contribution in [2.45, 2.75) is 26.7 Å². The Labute approximate surface area is 129 Å². The molecule has 2 aromatic rings. The predicted molar refractivity (Wildman–Crippen MR) is 85.0 cm³/mol. The first-order valence-corrected chi connectivity index (χ1v) is 7.67. The van der Waals surface area contributed by atoms with Gasteiger partial charge in [-0.05, 0) is 24.3 Å². The molecule has 22 heavy (non-hydrogen) atoms. The zero-order valence-corrected chi connectivity index (χ0v) is 12.8. The molecule has 3 rings (SSSR count). The van der Waals surface area contributed by atoms with Crippen LogP contribution in [0.1, 0.15) is 26.7 Å². The average Bonchev–Trinajstić information content (AvgIpc) is 2.56. The molecular weight excluding hydrogens is 278 g/mol. The molecule has 0 unspecified atom stereocenters. The number of hydrogen-bond donors (Lipinski definition) is 0. The number of aromatic nitrogens is 1. The third kappa shape index (κ3) is 2.56. The molecule has 0 amide bonds. The van der Waals surface area contributed by atoms with Gasteiger partial charge in [-0.15, -0.1) is 0 Å². The van der Waals surface area contributed by atoms with Crippen LogP contribution in [0.15, 0.2) is 30.5 Å². The summed E-state index contributed by atoms with van der Waals surface area (Å²) in [6.07, 6.45) is 5.26. The standard InChI is InChI=1S/C18H19NO3/c1-3-12(4-2)17(20)22-18-16-15(9-10-21-18)14-8-6-5-7-13(14)11-19-16/h5-9,11-12H,3-4,10H2,1-2H3. The predicted octanol–water partition coefficient (Wildman–Crippen LogP) is 2.09. The Morgan fingerprint density at radius 3 is 2.86 bits per heavy atom. The van der Waals surface area contributed by atoms with Crippen molar-refractivity contribution in [1.82, 2.24) is 4.98 Å². The van der Waals surface area contributed by atoms with Gasteiger partial charge in [0.1, 0.15) is 6.61 Å². The van der Waals surface area contributed by atoms with Crippen LogP contribution >= 0.6 is 0 Å². The Morgan fingerprint density at radius 2 is 2.09 bits per heavy atom. The van der Waals surface area contributed by atoms with Crippen LogP contribution in [0.2, 0.25) is 0 Å². The summed E-state index contributed by atoms with van der Waals surface area (Å²) in [6, 6.07) is 8.02. The van der Waals surface area contributed by atoms with E-state index in [1.165, 1.54) is 0 Å². The minimum Gasteiger partial charge on any atom is -0.459 e. The molecule has 114 valence electrons. The summed E-state index contributed by atoms with van der Waals surface area (Å²) in [4.78, 5) is 16.6. The third-order valence-corrected chi connectivity index (χ3v) is 4.05. The summed E-state index contributed by atoms with van der Waals surface area (Å²) < 4.78 is 11.0. The van der Waals surface area contributed by atoms with E-state index in [4.69, 9.17) is 9.47 Å². The lowest BCUT2D eigenvalue weighted by atomic mass is 10.0. The fourth-order valence-electron chi connectivity index (χ4n) is 2.70. The molecule has 0 aliphatic carbocycles. The van der Waals surface area contributed by atoms with Gasteiger partial charge in [-0.3, -0.25) is 4.79 Å². The van der Waals surface area contributed by atoms with Crippen LogP contribution < -0.4 is 10.6 Å². The fourth-order valence-corrected chi connectivity index (χ4v) is 2.70. The Bertz CT molecular complexity index is 822. The summed E-state index contributed by atoms with van der Waals surface area (Å²) in [6.45, 7) is 4.35. The van der Waals surface area contributed by atoms with Gasteiger partial charge in [0.2, 0.25) is 0 Å². The van der Waals surface area contributed by atoms with Crippen molar-refractivity contribution in [3.8, 4) is 0 Å². The molecule has 1 aliphatic heterocycles. The van der Waals surface area contributed by atoms with Crippen molar-refractivity contribution in [3.05, 3.63) is 41.0 Å². The van der Waals surface area contributed by atoms with Gasteiger partial charge in [0, 0.05) is 16.8 Å². The van der Waals surface area contributed by atoms with Crippen molar-refractivity contribution in [2.24, 2.45) is 5.92 Å². The van der Waals surface area contributed by atoms with Gasteiger partial charge in [0.05, 0.1) is 5.92 Å². The van der Waals surface area contributed by atoms with Gasteiger partial charge in [-0.1, -0.05) is 38.1 Å². The highest BCUT2D eigenvalue weighted by atomic mass is 16.7. The quantitative estimate of drug-likeness (QED) is 0.811. The Hall–Kier alpha value is -2.36. The maximum absolute atomic E-state index is 12.2. The lowest BCUT2D eigenvalue weighted by Gasteiger charge is -2.16. The number of fused-ring (bicyclic) bond motifs is 3. The van der Waals surface area contributed by atoms with E-state index < -0.39 is 0 Å². The minimum absolute atomic E-state index is 0.106. The summed E-state index contributed by atoms with van der Waals surface area (Å²) in [5, 5.41) is 3.72. The molecule has 0 fully saturated rings. The number of carbonyl (C=O) groups excluding carboxylic acids is 1. The highest BCUT2D eigenvalue weighted by Gasteiger charge is 2.20. The molecule has 0 bridgehead atoms. The van der Waals surface area contributed by atoms with Crippen molar-refractivity contribution in [3.63, 3.8) is 0 Å². The van der Waals surface area contributed by atoms with E-state index in [0.717, 1.165) is 28.8 Å². The molecule has 2 heterocycles. The number of nitrogens with zero attached hydrogens (tertiary/aromatic N) is 1. The van der Waals surface area contributed by atoms with E-state index in [-0.39, 0.29) is 17.8 Å². The fraction of sp³-hybridized carbons (Fsp3) is 0.333. The van der Waals surface area contributed by atoms with Crippen LogP contribution in [0.5, 0.6) is 0 Å². The SMILES string of the molecule is CCC(CC)C(=O)OC1=c2ncc3ccccc3c2=CCO1. The van der Waals surface area contributed by atoms with Crippen LogP contribution in [0.3, 0.4) is 0 Å². The van der Waals surface area contributed by atoms with Crippen molar-refractivity contribution >= 4 is 28.8 Å². The first-order valence-electron chi connectivity index (χ1n) is 7.67. The summed E-state index contributed by atoms with van der Waals surface area (Å²) in [5.74, 6) is -0.131. The molecular formula is C18H19NO3. The molecule has 0 atom stereocenters. The van der Waals surface area contributed by atoms with Gasteiger partial charge >= 0.3 is 11.9 Å². The zero-order valence-electron chi connectivity index (χ0n) is 12.8. The third-order valence-electron chi connectivity index (χ3n) is 4.05. The van der Waals surface area contributed by atoms with Gasteiger partial charge < -0.3 is 9.47 Å². The molecule has 1 aliphatic rings. The van der Waals surface area contributed by atoms with E-state index in [0.29, 0.717) is 12.0 Å². The van der Waals surface area contributed by atoms with Crippen molar-refractivity contribution in [2.75, 3.05) is 6.61 Å². The number of carbonyl (C=O) groups is 1. The maximum Gasteiger partial charge on any atom is 0.316 e. The van der Waals surface area contributed by atoms with Crippen molar-refractivity contribution in [1.29, 1.82) is 0 Å². The van der Waals surface area contributed by atoms with E-state index in [9.17, 15) is 4.79 Å². The summed E-state index contributed by atoms with van der Waals surface area (Å²) in [5.41, 5.74) is 0. The molecule has 1 aromatic heterocycles. The second kappa shape index (κ2) is 6.18. The van der Waals surface area contributed by atoms with E-state index >= 15 is 0 Å². The van der Waals surface area contributed by atoms with E-state index in [1.54, 1.807) is 6.20 Å². The highest BCUT2D eigenvalue weighted by molar-refractivity contribution is 5.83. The zero-order chi connectivity index (χ0) is 15.5. The number of ether oxygens (including phenoxy) is 2. The first kappa shape index (κ1) is 14.6. The highest BCUT2D eigenvalue weighted by Crippen LogP contribution is 2.14. The normalized spacial score (nSPS) is 13.5. The molecule has 0 saturated carbocycles. The van der Waals surface area contributed by atoms with E-state index in [1.807, 2.05) is 44.2 Å². The van der Waals surface area contributed by atoms with Crippen LogP contribution in [0, 0.1) is 5.92 Å². The van der Waals surface area contributed by atoms with Gasteiger partial charge in [-0.25, -0.2) is 4.98 Å². The summed E-state index contributed by atoms with van der Waals surface area (Å²) >= 11 is 0. The second-order valence-corrected chi connectivity index (χ2v) is 5.34. The van der Waals surface area contributed by atoms with Crippen LogP contribution in [0.25, 0.3) is 22.8 Å². The summed E-state index contributed by atoms with van der Waals surface area (Å²) in [7, 11) is 0. The largest absolute Gasteiger partial charge is 0.459 e. The lowest BCUT2D eigenvalue weighted by molar-refractivity contribution is -0.144. The van der Waals surface area contributed by atoms with Crippen LogP contribution in [-0.4, -0.2) is 17.6 Å². The van der Waals surface area contributed by atoms with Crippen molar-refractivity contribution < 1.29 is 14.3 Å². The lowest BCUT2D eigenvalue weighted by Crippen LogP contribution is -2.37.